The molecule has 1 fully saturated rings. The van der Waals surface area contributed by atoms with Crippen LogP contribution in [0.4, 0.5) is 4.79 Å². The Balaban J connectivity index is 1.66. The van der Waals surface area contributed by atoms with Crippen LogP contribution in [0.15, 0.2) is 4.52 Å². The summed E-state index contributed by atoms with van der Waals surface area (Å²) in [5.41, 5.74) is -0.271. The Morgan fingerprint density at radius 3 is 2.67 bits per heavy atom. The molecule has 0 radical (unpaired) electrons. The molecule has 0 saturated heterocycles. The maximum absolute atomic E-state index is 11.7. The van der Waals surface area contributed by atoms with Crippen molar-refractivity contribution in [1.29, 1.82) is 0 Å². The zero-order chi connectivity index (χ0) is 15.3. The van der Waals surface area contributed by atoms with Gasteiger partial charge in [0.1, 0.15) is 0 Å². The Hall–Kier alpha value is -2.12. The molecule has 1 aromatic rings. The van der Waals surface area contributed by atoms with Gasteiger partial charge in [0.25, 0.3) is 0 Å². The van der Waals surface area contributed by atoms with Crippen LogP contribution in [0.2, 0.25) is 0 Å². The van der Waals surface area contributed by atoms with Crippen molar-refractivity contribution < 1.29 is 19.2 Å². The zero-order valence-corrected chi connectivity index (χ0v) is 12.0. The molecule has 2 amide bonds. The summed E-state index contributed by atoms with van der Waals surface area (Å²) >= 11 is 0. The summed E-state index contributed by atoms with van der Waals surface area (Å²) in [6, 6.07) is -0.303. The largest absolute Gasteiger partial charge is 0.481 e. The minimum Gasteiger partial charge on any atom is -0.481 e. The summed E-state index contributed by atoms with van der Waals surface area (Å²) in [5, 5.41) is 18.0. The molecular weight excluding hydrogens is 276 g/mol. The van der Waals surface area contributed by atoms with Crippen LogP contribution in [-0.4, -0.2) is 40.3 Å². The molecule has 1 heterocycles. The molecule has 3 N–H and O–H groups in total. The summed E-state index contributed by atoms with van der Waals surface area (Å²) in [7, 11) is 0. The minimum atomic E-state index is -0.816. The van der Waals surface area contributed by atoms with Crippen LogP contribution in [0.25, 0.3) is 0 Å². The van der Waals surface area contributed by atoms with Crippen LogP contribution in [0, 0.1) is 12.3 Å². The third-order valence-corrected chi connectivity index (χ3v) is 3.76. The highest BCUT2D eigenvalue weighted by atomic mass is 16.5. The van der Waals surface area contributed by atoms with E-state index >= 15 is 0 Å². The van der Waals surface area contributed by atoms with E-state index in [2.05, 4.69) is 20.8 Å². The summed E-state index contributed by atoms with van der Waals surface area (Å²) in [5.74, 6) is 0.229. The lowest BCUT2D eigenvalue weighted by atomic mass is 9.66. The second-order valence-electron chi connectivity index (χ2n) is 5.52. The summed E-state index contributed by atoms with van der Waals surface area (Å²) in [4.78, 5) is 26.5. The number of amides is 2. The number of carbonyl (C=O) groups excluding carboxylic acids is 1. The molecule has 8 nitrogen and oxygen atoms in total. The standard InChI is InChI=1S/C13H20N4O4/c1-9-16-10(21-17-9)3-6-14-12(20)15-8-13(4-2-5-13)7-11(18)19/h2-8H2,1H3,(H,18,19)(H2,14,15,20). The first-order valence-corrected chi connectivity index (χ1v) is 7.02. The van der Waals surface area contributed by atoms with Gasteiger partial charge < -0.3 is 20.3 Å². The van der Waals surface area contributed by atoms with Crippen molar-refractivity contribution in [3.05, 3.63) is 11.7 Å². The molecule has 0 bridgehead atoms. The van der Waals surface area contributed by atoms with E-state index in [0.717, 1.165) is 19.3 Å². The van der Waals surface area contributed by atoms with Gasteiger partial charge in [0, 0.05) is 19.5 Å². The van der Waals surface area contributed by atoms with Crippen molar-refractivity contribution >= 4 is 12.0 Å². The summed E-state index contributed by atoms with van der Waals surface area (Å²) < 4.78 is 4.93. The molecule has 0 spiro atoms. The van der Waals surface area contributed by atoms with Crippen LogP contribution >= 0.6 is 0 Å². The molecule has 21 heavy (non-hydrogen) atoms. The number of aromatic nitrogens is 2. The lowest BCUT2D eigenvalue weighted by Gasteiger charge is -2.40. The SMILES string of the molecule is Cc1noc(CCNC(=O)NCC2(CC(=O)O)CCC2)n1. The number of carboxylic acids is 1. The van der Waals surface area contributed by atoms with Crippen LogP contribution in [0.5, 0.6) is 0 Å². The molecule has 1 aliphatic rings. The number of carboxylic acid groups (broad SMARTS) is 1. The highest BCUT2D eigenvalue weighted by Gasteiger charge is 2.39. The highest BCUT2D eigenvalue weighted by Crippen LogP contribution is 2.43. The smallest absolute Gasteiger partial charge is 0.314 e. The van der Waals surface area contributed by atoms with Gasteiger partial charge in [0.2, 0.25) is 5.89 Å². The van der Waals surface area contributed by atoms with E-state index in [1.165, 1.54) is 0 Å². The van der Waals surface area contributed by atoms with Gasteiger partial charge in [-0.3, -0.25) is 4.79 Å². The molecule has 116 valence electrons. The van der Waals surface area contributed by atoms with Crippen LogP contribution in [-0.2, 0) is 11.2 Å². The van der Waals surface area contributed by atoms with E-state index in [-0.39, 0.29) is 17.9 Å². The fraction of sp³-hybridized carbons (Fsp3) is 0.692. The highest BCUT2D eigenvalue weighted by molar-refractivity contribution is 5.74. The Morgan fingerprint density at radius 2 is 2.14 bits per heavy atom. The lowest BCUT2D eigenvalue weighted by molar-refractivity contribution is -0.141. The number of aryl methyl sites for hydroxylation is 1. The van der Waals surface area contributed by atoms with Gasteiger partial charge in [0.15, 0.2) is 5.82 Å². The lowest BCUT2D eigenvalue weighted by Crippen LogP contribution is -2.46. The van der Waals surface area contributed by atoms with Gasteiger partial charge in [-0.25, -0.2) is 4.79 Å². The summed E-state index contributed by atoms with van der Waals surface area (Å²) in [6.07, 6.45) is 3.29. The van der Waals surface area contributed by atoms with Crippen LogP contribution < -0.4 is 10.6 Å². The number of hydrogen-bond donors (Lipinski definition) is 3. The van der Waals surface area contributed by atoms with E-state index in [4.69, 9.17) is 9.63 Å². The van der Waals surface area contributed by atoms with Crippen molar-refractivity contribution in [3.8, 4) is 0 Å². The monoisotopic (exact) mass is 296 g/mol. The first-order chi connectivity index (χ1) is 9.99. The average molecular weight is 296 g/mol. The van der Waals surface area contributed by atoms with Gasteiger partial charge in [-0.1, -0.05) is 11.6 Å². The first-order valence-electron chi connectivity index (χ1n) is 7.02. The Labute approximate surface area is 122 Å². The minimum absolute atomic E-state index is 0.106. The van der Waals surface area contributed by atoms with E-state index in [0.29, 0.717) is 31.2 Å². The van der Waals surface area contributed by atoms with Crippen molar-refractivity contribution in [3.63, 3.8) is 0 Å². The molecule has 8 heteroatoms. The predicted octanol–water partition coefficient (Wildman–Crippen LogP) is 0.865. The van der Waals surface area contributed by atoms with Gasteiger partial charge in [0.05, 0.1) is 6.42 Å². The van der Waals surface area contributed by atoms with Gasteiger partial charge in [-0.15, -0.1) is 0 Å². The van der Waals surface area contributed by atoms with Gasteiger partial charge >= 0.3 is 12.0 Å². The van der Waals surface area contributed by atoms with E-state index < -0.39 is 5.97 Å². The number of aliphatic carboxylic acids is 1. The number of urea groups is 1. The van der Waals surface area contributed by atoms with Crippen LogP contribution in [0.3, 0.4) is 0 Å². The predicted molar refractivity (Wildman–Crippen MR) is 72.7 cm³/mol. The topological polar surface area (TPSA) is 117 Å². The quantitative estimate of drug-likeness (QED) is 0.687. The molecule has 0 atom stereocenters. The third kappa shape index (κ3) is 4.44. The maximum Gasteiger partial charge on any atom is 0.314 e. The fourth-order valence-electron chi connectivity index (χ4n) is 2.47. The van der Waals surface area contributed by atoms with Crippen LogP contribution in [0.1, 0.15) is 37.4 Å². The number of rotatable bonds is 7. The molecule has 1 aliphatic carbocycles. The second kappa shape index (κ2) is 6.55. The normalized spacial score (nSPS) is 16.0. The third-order valence-electron chi connectivity index (χ3n) is 3.76. The molecule has 0 aromatic carbocycles. The molecule has 0 unspecified atom stereocenters. The molecule has 1 saturated carbocycles. The second-order valence-corrected chi connectivity index (χ2v) is 5.52. The Kier molecular flexibility index (Phi) is 4.77. The Morgan fingerprint density at radius 1 is 1.38 bits per heavy atom. The van der Waals surface area contributed by atoms with E-state index in [1.54, 1.807) is 6.92 Å². The van der Waals surface area contributed by atoms with Gasteiger partial charge in [-0.05, 0) is 25.2 Å². The Bertz CT molecular complexity index is 510. The molecule has 2 rings (SSSR count). The van der Waals surface area contributed by atoms with Gasteiger partial charge in [-0.2, -0.15) is 4.98 Å². The number of nitrogens with zero attached hydrogens (tertiary/aromatic N) is 2. The van der Waals surface area contributed by atoms with E-state index in [1.807, 2.05) is 0 Å². The van der Waals surface area contributed by atoms with E-state index in [9.17, 15) is 9.59 Å². The summed E-state index contributed by atoms with van der Waals surface area (Å²) in [6.45, 7) is 2.51. The molecular formula is C13H20N4O4. The van der Waals surface area contributed by atoms with Crippen molar-refractivity contribution in [2.24, 2.45) is 5.41 Å². The van der Waals surface area contributed by atoms with Crippen molar-refractivity contribution in [2.75, 3.05) is 13.1 Å². The molecule has 1 aromatic heterocycles. The van der Waals surface area contributed by atoms with Crippen molar-refractivity contribution in [1.82, 2.24) is 20.8 Å². The number of nitrogens with one attached hydrogen (secondary N) is 2. The fourth-order valence-corrected chi connectivity index (χ4v) is 2.47. The average Bonchev–Trinajstić information content (AvgIpc) is 2.78. The molecule has 0 aliphatic heterocycles. The van der Waals surface area contributed by atoms with Crippen molar-refractivity contribution in [2.45, 2.75) is 39.0 Å². The zero-order valence-electron chi connectivity index (χ0n) is 12.0. The maximum atomic E-state index is 11.7. The number of hydrogen-bond acceptors (Lipinski definition) is 5. The first kappa shape index (κ1) is 15.3. The number of carbonyl (C=O) groups is 2.